The zero-order valence-electron chi connectivity index (χ0n) is 17.1. The number of anilines is 1. The number of rotatable bonds is 8. The third-order valence-corrected chi connectivity index (χ3v) is 4.49. The van der Waals surface area contributed by atoms with Gasteiger partial charge in [-0.15, -0.1) is 0 Å². The molecule has 0 aliphatic carbocycles. The molecule has 0 atom stereocenters. The molecule has 4 rings (SSSR count). The van der Waals surface area contributed by atoms with Crippen LogP contribution >= 0.6 is 0 Å². The average molecular weight is 414 g/mol. The van der Waals surface area contributed by atoms with Gasteiger partial charge in [0.25, 0.3) is 5.91 Å². The van der Waals surface area contributed by atoms with Gasteiger partial charge in [-0.1, -0.05) is 35.9 Å². The van der Waals surface area contributed by atoms with Gasteiger partial charge in [-0.05, 0) is 42.8 Å². The van der Waals surface area contributed by atoms with Crippen molar-refractivity contribution in [3.05, 3.63) is 96.3 Å². The summed E-state index contributed by atoms with van der Waals surface area (Å²) in [5, 5.41) is 7.13. The molecule has 0 saturated heterocycles. The van der Waals surface area contributed by atoms with Gasteiger partial charge in [0.1, 0.15) is 17.3 Å². The number of hydrogen-bond acceptors (Lipinski definition) is 5. The van der Waals surface area contributed by atoms with Crippen molar-refractivity contribution in [2.24, 2.45) is 0 Å². The second-order valence-corrected chi connectivity index (χ2v) is 6.94. The molecule has 0 saturated carbocycles. The van der Waals surface area contributed by atoms with E-state index in [2.05, 4.69) is 27.5 Å². The van der Waals surface area contributed by atoms with Crippen molar-refractivity contribution in [3.8, 4) is 17.4 Å². The van der Waals surface area contributed by atoms with E-state index in [0.29, 0.717) is 29.7 Å². The molecular weight excluding hydrogens is 392 g/mol. The van der Waals surface area contributed by atoms with Gasteiger partial charge in [-0.3, -0.25) is 4.79 Å². The first-order valence-electron chi connectivity index (χ1n) is 9.85. The highest BCUT2D eigenvalue weighted by molar-refractivity contribution is 5.91. The summed E-state index contributed by atoms with van der Waals surface area (Å²) in [5.41, 5.74) is 2.31. The van der Waals surface area contributed by atoms with Crippen LogP contribution in [0.4, 0.5) is 5.82 Å². The van der Waals surface area contributed by atoms with Gasteiger partial charge in [-0.25, -0.2) is 9.67 Å². The summed E-state index contributed by atoms with van der Waals surface area (Å²) >= 11 is 0. The highest BCUT2D eigenvalue weighted by Crippen LogP contribution is 2.22. The summed E-state index contributed by atoms with van der Waals surface area (Å²) in [5.74, 6) is 2.07. The van der Waals surface area contributed by atoms with Crippen LogP contribution in [0.5, 0.6) is 17.4 Å². The van der Waals surface area contributed by atoms with E-state index in [1.165, 1.54) is 5.56 Å². The lowest BCUT2D eigenvalue weighted by Crippen LogP contribution is -2.22. The number of benzene rings is 2. The minimum atomic E-state index is -0.264. The zero-order valence-corrected chi connectivity index (χ0v) is 17.1. The van der Waals surface area contributed by atoms with E-state index < -0.39 is 0 Å². The molecule has 0 aliphatic heterocycles. The lowest BCUT2D eigenvalue weighted by atomic mass is 10.1. The van der Waals surface area contributed by atoms with Gasteiger partial charge >= 0.3 is 0 Å². The summed E-state index contributed by atoms with van der Waals surface area (Å²) in [6.45, 7) is 2.50. The van der Waals surface area contributed by atoms with Gasteiger partial charge in [0, 0.05) is 18.3 Å². The summed E-state index contributed by atoms with van der Waals surface area (Å²) in [6.07, 6.45) is 3.32. The number of ether oxygens (including phenoxy) is 2. The van der Waals surface area contributed by atoms with Gasteiger partial charge in [-0.2, -0.15) is 5.10 Å². The SMILES string of the molecule is Cc1ccc(Cn2nccc2NC(=O)COc2ccc(Oc3ccccn3)cc2)cc1. The fourth-order valence-corrected chi connectivity index (χ4v) is 2.89. The van der Waals surface area contributed by atoms with Crippen molar-refractivity contribution in [2.75, 3.05) is 11.9 Å². The van der Waals surface area contributed by atoms with Gasteiger partial charge in [0.15, 0.2) is 6.61 Å². The van der Waals surface area contributed by atoms with E-state index in [1.54, 1.807) is 53.5 Å². The molecule has 0 fully saturated rings. The maximum absolute atomic E-state index is 12.3. The molecule has 2 heterocycles. The first-order chi connectivity index (χ1) is 15.2. The number of amides is 1. The van der Waals surface area contributed by atoms with Crippen LogP contribution < -0.4 is 14.8 Å². The van der Waals surface area contributed by atoms with E-state index in [0.717, 1.165) is 5.56 Å². The second kappa shape index (κ2) is 9.58. The number of pyridine rings is 1. The van der Waals surface area contributed by atoms with Crippen LogP contribution in [0.2, 0.25) is 0 Å². The molecule has 31 heavy (non-hydrogen) atoms. The molecule has 7 heteroatoms. The number of aromatic nitrogens is 3. The third kappa shape index (κ3) is 5.70. The number of aryl methyl sites for hydroxylation is 1. The molecule has 0 aliphatic rings. The van der Waals surface area contributed by atoms with Gasteiger partial charge in [0.05, 0.1) is 12.7 Å². The Morgan fingerprint density at radius 1 is 0.935 bits per heavy atom. The van der Waals surface area contributed by atoms with E-state index in [4.69, 9.17) is 9.47 Å². The van der Waals surface area contributed by atoms with Crippen LogP contribution in [-0.4, -0.2) is 27.3 Å². The van der Waals surface area contributed by atoms with Crippen molar-refractivity contribution in [1.29, 1.82) is 0 Å². The topological polar surface area (TPSA) is 78.3 Å². The number of hydrogen-bond donors (Lipinski definition) is 1. The predicted molar refractivity (Wildman–Crippen MR) is 117 cm³/mol. The van der Waals surface area contributed by atoms with Crippen molar-refractivity contribution in [1.82, 2.24) is 14.8 Å². The molecule has 156 valence electrons. The zero-order chi connectivity index (χ0) is 21.5. The average Bonchev–Trinajstić information content (AvgIpc) is 3.22. The van der Waals surface area contributed by atoms with Crippen LogP contribution in [0.25, 0.3) is 0 Å². The van der Waals surface area contributed by atoms with Crippen LogP contribution in [0.15, 0.2) is 85.2 Å². The third-order valence-electron chi connectivity index (χ3n) is 4.49. The molecule has 1 N–H and O–H groups in total. The Balaban J connectivity index is 1.29. The van der Waals surface area contributed by atoms with E-state index in [-0.39, 0.29) is 12.5 Å². The molecule has 0 radical (unpaired) electrons. The molecule has 1 amide bonds. The largest absolute Gasteiger partial charge is 0.484 e. The normalized spacial score (nSPS) is 10.5. The Morgan fingerprint density at radius 2 is 1.71 bits per heavy atom. The summed E-state index contributed by atoms with van der Waals surface area (Å²) < 4.78 is 13.0. The number of carbonyl (C=O) groups excluding carboxylic acids is 1. The molecule has 0 unspecified atom stereocenters. The molecule has 7 nitrogen and oxygen atoms in total. The van der Waals surface area contributed by atoms with Crippen LogP contribution in [0.3, 0.4) is 0 Å². The number of nitrogens with zero attached hydrogens (tertiary/aromatic N) is 3. The molecule has 4 aromatic rings. The fraction of sp³-hybridized carbons (Fsp3) is 0.125. The van der Waals surface area contributed by atoms with Crippen LogP contribution in [0, 0.1) is 6.92 Å². The molecule has 2 aromatic carbocycles. The lowest BCUT2D eigenvalue weighted by molar-refractivity contribution is -0.118. The number of carbonyl (C=O) groups is 1. The van der Waals surface area contributed by atoms with Crippen LogP contribution in [-0.2, 0) is 11.3 Å². The van der Waals surface area contributed by atoms with E-state index in [9.17, 15) is 4.79 Å². The molecule has 0 bridgehead atoms. The summed E-state index contributed by atoms with van der Waals surface area (Å²) in [6, 6.07) is 22.4. The lowest BCUT2D eigenvalue weighted by Gasteiger charge is -2.11. The predicted octanol–water partition coefficient (Wildman–Crippen LogP) is 4.44. The Bertz CT molecular complexity index is 1120. The van der Waals surface area contributed by atoms with Gasteiger partial charge in [0.2, 0.25) is 5.88 Å². The van der Waals surface area contributed by atoms with E-state index in [1.807, 2.05) is 31.2 Å². The van der Waals surface area contributed by atoms with Crippen molar-refractivity contribution in [2.45, 2.75) is 13.5 Å². The van der Waals surface area contributed by atoms with Gasteiger partial charge < -0.3 is 14.8 Å². The standard InChI is InChI=1S/C24H22N4O3/c1-18-5-7-19(8-6-18)16-28-22(13-15-26-28)27-23(29)17-30-20-9-11-21(12-10-20)31-24-4-2-3-14-25-24/h2-15H,16-17H2,1H3,(H,27,29). The second-order valence-electron chi connectivity index (χ2n) is 6.94. The molecule has 2 aromatic heterocycles. The molecular formula is C24H22N4O3. The minimum Gasteiger partial charge on any atom is -0.484 e. The Labute approximate surface area is 180 Å². The quantitative estimate of drug-likeness (QED) is 0.461. The van der Waals surface area contributed by atoms with Crippen LogP contribution in [0.1, 0.15) is 11.1 Å². The molecule has 0 spiro atoms. The Hall–Kier alpha value is -4.13. The Morgan fingerprint density at radius 3 is 2.45 bits per heavy atom. The summed E-state index contributed by atoms with van der Waals surface area (Å²) in [4.78, 5) is 16.4. The monoisotopic (exact) mass is 414 g/mol. The van der Waals surface area contributed by atoms with Crippen molar-refractivity contribution >= 4 is 11.7 Å². The first-order valence-corrected chi connectivity index (χ1v) is 9.85. The first kappa shape index (κ1) is 20.2. The minimum absolute atomic E-state index is 0.115. The highest BCUT2D eigenvalue weighted by Gasteiger charge is 2.09. The Kier molecular flexibility index (Phi) is 6.23. The number of nitrogens with one attached hydrogen (secondary N) is 1. The van der Waals surface area contributed by atoms with E-state index >= 15 is 0 Å². The van der Waals surface area contributed by atoms with Crippen molar-refractivity contribution in [3.63, 3.8) is 0 Å². The fourth-order valence-electron chi connectivity index (χ4n) is 2.89. The smallest absolute Gasteiger partial charge is 0.263 e. The summed E-state index contributed by atoms with van der Waals surface area (Å²) in [7, 11) is 0. The maximum Gasteiger partial charge on any atom is 0.263 e. The maximum atomic E-state index is 12.3. The highest BCUT2D eigenvalue weighted by atomic mass is 16.5. The van der Waals surface area contributed by atoms with Crippen molar-refractivity contribution < 1.29 is 14.3 Å².